The van der Waals surface area contributed by atoms with Gasteiger partial charge in [-0.25, -0.2) is 9.97 Å². The Morgan fingerprint density at radius 3 is 2.50 bits per heavy atom. The van der Waals surface area contributed by atoms with Crippen LogP contribution in [0.2, 0.25) is 5.28 Å². The molecule has 0 N–H and O–H groups in total. The number of hydrogen-bond donors (Lipinski definition) is 0. The van der Waals surface area contributed by atoms with E-state index in [9.17, 15) is 0 Å². The topological polar surface area (TPSA) is 29.0 Å². The average Bonchev–Trinajstić information content (AvgIpc) is 2.50. The largest absolute Gasteiger partial charge is 0.295 e. The molecular formula is C16H16ClN3. The standard InChI is InChI=1S/C16H16ClN3/c17-16-18-10-15(11-19-16)14-6-8-20(9-7-14)12-13-4-2-1-3-5-13/h1-6,10-11H,7-9,12H2. The Labute approximate surface area is 123 Å². The molecule has 0 unspecified atom stereocenters. The number of rotatable bonds is 3. The van der Waals surface area contributed by atoms with Gasteiger partial charge in [-0.1, -0.05) is 36.4 Å². The molecule has 1 aromatic heterocycles. The zero-order valence-corrected chi connectivity index (χ0v) is 11.9. The zero-order valence-electron chi connectivity index (χ0n) is 11.2. The van der Waals surface area contributed by atoms with Crippen molar-refractivity contribution in [2.24, 2.45) is 0 Å². The van der Waals surface area contributed by atoms with Crippen molar-refractivity contribution in [3.8, 4) is 0 Å². The molecule has 2 aromatic rings. The SMILES string of the molecule is Clc1ncc(C2=CCN(Cc3ccccc3)CC2)cn1. The van der Waals surface area contributed by atoms with E-state index in [0.717, 1.165) is 31.6 Å². The number of aromatic nitrogens is 2. The van der Waals surface area contributed by atoms with Gasteiger partial charge in [0.05, 0.1) is 0 Å². The minimum absolute atomic E-state index is 0.302. The fourth-order valence-corrected chi connectivity index (χ4v) is 2.53. The van der Waals surface area contributed by atoms with Gasteiger partial charge in [-0.15, -0.1) is 0 Å². The fourth-order valence-electron chi connectivity index (χ4n) is 2.44. The molecule has 0 spiro atoms. The zero-order chi connectivity index (χ0) is 13.8. The van der Waals surface area contributed by atoms with Crippen LogP contribution in [0.4, 0.5) is 0 Å². The Hall–Kier alpha value is -1.71. The molecule has 3 nitrogen and oxygen atoms in total. The lowest BCUT2D eigenvalue weighted by Gasteiger charge is -2.26. The van der Waals surface area contributed by atoms with Crippen LogP contribution >= 0.6 is 11.6 Å². The summed E-state index contributed by atoms with van der Waals surface area (Å²) in [6.07, 6.45) is 6.89. The van der Waals surface area contributed by atoms with Crippen LogP contribution in [0.15, 0.2) is 48.8 Å². The minimum Gasteiger partial charge on any atom is -0.295 e. The molecule has 2 heterocycles. The predicted octanol–water partition coefficient (Wildman–Crippen LogP) is 3.42. The number of benzene rings is 1. The molecule has 0 amide bonds. The van der Waals surface area contributed by atoms with Gasteiger partial charge in [-0.2, -0.15) is 0 Å². The molecular weight excluding hydrogens is 270 g/mol. The summed E-state index contributed by atoms with van der Waals surface area (Å²) in [5.41, 5.74) is 3.75. The van der Waals surface area contributed by atoms with Crippen molar-refractivity contribution < 1.29 is 0 Å². The summed E-state index contributed by atoms with van der Waals surface area (Å²) in [7, 11) is 0. The third kappa shape index (κ3) is 3.24. The van der Waals surface area contributed by atoms with E-state index in [1.54, 1.807) is 12.4 Å². The molecule has 0 atom stereocenters. The highest BCUT2D eigenvalue weighted by Crippen LogP contribution is 2.22. The second kappa shape index (κ2) is 6.16. The second-order valence-corrected chi connectivity index (χ2v) is 5.28. The lowest BCUT2D eigenvalue weighted by Crippen LogP contribution is -2.28. The van der Waals surface area contributed by atoms with Crippen LogP contribution in [0.5, 0.6) is 0 Å². The first-order valence-corrected chi connectivity index (χ1v) is 7.12. The van der Waals surface area contributed by atoms with Gasteiger partial charge in [0.1, 0.15) is 0 Å². The third-order valence-corrected chi connectivity index (χ3v) is 3.73. The van der Waals surface area contributed by atoms with Gasteiger partial charge in [-0.05, 0) is 29.2 Å². The monoisotopic (exact) mass is 285 g/mol. The summed E-state index contributed by atoms with van der Waals surface area (Å²) in [4.78, 5) is 10.5. The van der Waals surface area contributed by atoms with E-state index in [-0.39, 0.29) is 0 Å². The number of halogens is 1. The van der Waals surface area contributed by atoms with Crippen LogP contribution in [0.1, 0.15) is 17.5 Å². The van der Waals surface area contributed by atoms with Crippen LogP contribution in [0.3, 0.4) is 0 Å². The maximum absolute atomic E-state index is 5.71. The Balaban J connectivity index is 1.64. The molecule has 20 heavy (non-hydrogen) atoms. The quantitative estimate of drug-likeness (QED) is 0.809. The summed E-state index contributed by atoms with van der Waals surface area (Å²) in [5, 5.41) is 0.302. The van der Waals surface area contributed by atoms with Crippen molar-refractivity contribution in [2.75, 3.05) is 13.1 Å². The predicted molar refractivity (Wildman–Crippen MR) is 81.4 cm³/mol. The number of nitrogens with zero attached hydrogens (tertiary/aromatic N) is 3. The Kier molecular flexibility index (Phi) is 4.09. The molecule has 0 saturated carbocycles. The van der Waals surface area contributed by atoms with Gasteiger partial charge < -0.3 is 0 Å². The molecule has 0 saturated heterocycles. The summed E-state index contributed by atoms with van der Waals surface area (Å²) in [6.45, 7) is 3.03. The molecule has 1 aromatic carbocycles. The van der Waals surface area contributed by atoms with E-state index in [1.165, 1.54) is 11.1 Å². The highest BCUT2D eigenvalue weighted by Gasteiger charge is 2.13. The highest BCUT2D eigenvalue weighted by molar-refractivity contribution is 6.28. The minimum atomic E-state index is 0.302. The molecule has 4 heteroatoms. The van der Waals surface area contributed by atoms with Crippen molar-refractivity contribution in [1.29, 1.82) is 0 Å². The smallest absolute Gasteiger partial charge is 0.222 e. The van der Waals surface area contributed by atoms with E-state index in [2.05, 4.69) is 51.3 Å². The maximum Gasteiger partial charge on any atom is 0.222 e. The Bertz CT molecular complexity index is 593. The van der Waals surface area contributed by atoms with E-state index in [0.29, 0.717) is 5.28 Å². The highest BCUT2D eigenvalue weighted by atomic mass is 35.5. The third-order valence-electron chi connectivity index (χ3n) is 3.53. The van der Waals surface area contributed by atoms with Crippen LogP contribution in [0.25, 0.3) is 5.57 Å². The molecule has 0 bridgehead atoms. The van der Waals surface area contributed by atoms with E-state index in [4.69, 9.17) is 11.6 Å². The molecule has 0 aliphatic carbocycles. The van der Waals surface area contributed by atoms with E-state index < -0.39 is 0 Å². The van der Waals surface area contributed by atoms with Crippen molar-refractivity contribution in [3.63, 3.8) is 0 Å². The van der Waals surface area contributed by atoms with Gasteiger partial charge in [0, 0.05) is 37.6 Å². The second-order valence-electron chi connectivity index (χ2n) is 4.94. The van der Waals surface area contributed by atoms with Crippen LogP contribution < -0.4 is 0 Å². The first-order valence-electron chi connectivity index (χ1n) is 6.74. The van der Waals surface area contributed by atoms with Gasteiger partial charge in [0.2, 0.25) is 5.28 Å². The molecule has 0 fully saturated rings. The van der Waals surface area contributed by atoms with E-state index in [1.807, 2.05) is 0 Å². The molecule has 102 valence electrons. The van der Waals surface area contributed by atoms with Gasteiger partial charge >= 0.3 is 0 Å². The van der Waals surface area contributed by atoms with Crippen molar-refractivity contribution in [1.82, 2.24) is 14.9 Å². The van der Waals surface area contributed by atoms with Gasteiger partial charge in [0.25, 0.3) is 0 Å². The van der Waals surface area contributed by atoms with E-state index >= 15 is 0 Å². The van der Waals surface area contributed by atoms with Gasteiger partial charge in [-0.3, -0.25) is 4.90 Å². The molecule has 3 rings (SSSR count). The van der Waals surface area contributed by atoms with Crippen LogP contribution in [0, 0.1) is 0 Å². The van der Waals surface area contributed by atoms with Crippen LogP contribution in [-0.2, 0) is 6.54 Å². The molecule has 0 radical (unpaired) electrons. The Morgan fingerprint density at radius 1 is 1.10 bits per heavy atom. The lowest BCUT2D eigenvalue weighted by atomic mass is 10.0. The summed E-state index contributed by atoms with van der Waals surface area (Å²) >= 11 is 5.71. The molecule has 1 aliphatic rings. The first kappa shape index (κ1) is 13.3. The fraction of sp³-hybridized carbons (Fsp3) is 0.250. The van der Waals surface area contributed by atoms with Gasteiger partial charge in [0.15, 0.2) is 0 Å². The summed E-state index contributed by atoms with van der Waals surface area (Å²) in [6, 6.07) is 10.6. The normalized spacial score (nSPS) is 15.9. The summed E-state index contributed by atoms with van der Waals surface area (Å²) in [5.74, 6) is 0. The van der Waals surface area contributed by atoms with Crippen molar-refractivity contribution in [3.05, 3.63) is 65.2 Å². The first-order chi connectivity index (χ1) is 9.81. The average molecular weight is 286 g/mol. The Morgan fingerprint density at radius 2 is 1.85 bits per heavy atom. The molecule has 1 aliphatic heterocycles. The number of hydrogen-bond acceptors (Lipinski definition) is 3. The van der Waals surface area contributed by atoms with Crippen LogP contribution in [-0.4, -0.2) is 28.0 Å². The maximum atomic E-state index is 5.71. The summed E-state index contributed by atoms with van der Waals surface area (Å²) < 4.78 is 0. The van der Waals surface area contributed by atoms with Crippen molar-refractivity contribution >= 4 is 17.2 Å². The lowest BCUT2D eigenvalue weighted by molar-refractivity contribution is 0.294. The van der Waals surface area contributed by atoms with Crippen molar-refractivity contribution in [2.45, 2.75) is 13.0 Å².